The molecule has 2 heteroatoms. The Labute approximate surface area is 88.2 Å². The molecule has 0 rings (SSSR count). The molecule has 1 N–H and O–H groups in total. The van der Waals surface area contributed by atoms with Crippen LogP contribution in [-0.4, -0.2) is 19.6 Å². The zero-order valence-electron chi connectivity index (χ0n) is 8.43. The lowest BCUT2D eigenvalue weighted by molar-refractivity contribution is -0.899. The van der Waals surface area contributed by atoms with Crippen LogP contribution in [0.2, 0.25) is 0 Å². The smallest absolute Gasteiger partial charge is 0.0955 e. The van der Waals surface area contributed by atoms with Crippen molar-refractivity contribution in [3.8, 4) is 0 Å². The Morgan fingerprint density at radius 2 is 1.54 bits per heavy atom. The number of nitrogens with one attached hydrogen (secondary N) is 1. The van der Waals surface area contributed by atoms with Gasteiger partial charge in [-0.1, -0.05) is 18.7 Å². The van der Waals surface area contributed by atoms with E-state index in [1.165, 1.54) is 4.90 Å². The van der Waals surface area contributed by atoms with E-state index >= 15 is 0 Å². The van der Waals surface area contributed by atoms with E-state index in [-0.39, 0.29) is 12.4 Å². The molecule has 0 spiro atoms. The number of quaternary nitrogens is 1. The zero-order valence-corrected chi connectivity index (χ0v) is 9.19. The van der Waals surface area contributed by atoms with E-state index in [0.717, 1.165) is 19.4 Å². The van der Waals surface area contributed by atoms with Gasteiger partial charge in [-0.2, -0.15) is 0 Å². The molecule has 0 fully saturated rings. The monoisotopic (exact) mass is 201 g/mol. The highest BCUT2D eigenvalue weighted by Gasteiger charge is 2.12. The first-order chi connectivity index (χ1) is 5.76. The summed E-state index contributed by atoms with van der Waals surface area (Å²) in [4.78, 5) is 1.48. The van der Waals surface area contributed by atoms with Gasteiger partial charge in [0, 0.05) is 12.8 Å². The molecule has 1 atom stereocenters. The maximum absolute atomic E-state index is 3.75. The summed E-state index contributed by atoms with van der Waals surface area (Å²) in [6, 6.07) is 0.609. The van der Waals surface area contributed by atoms with Crippen molar-refractivity contribution in [2.45, 2.75) is 18.9 Å². The molecule has 13 heavy (non-hydrogen) atoms. The van der Waals surface area contributed by atoms with Crippen LogP contribution in [0.5, 0.6) is 0 Å². The van der Waals surface area contributed by atoms with Crippen molar-refractivity contribution in [1.82, 2.24) is 0 Å². The van der Waals surface area contributed by atoms with Crippen LogP contribution in [0.15, 0.2) is 38.0 Å². The molecule has 0 radical (unpaired) electrons. The molecule has 76 valence electrons. The maximum Gasteiger partial charge on any atom is 0.0955 e. The van der Waals surface area contributed by atoms with Gasteiger partial charge in [-0.15, -0.1) is 13.2 Å². The molecule has 0 aromatic rings. The molecule has 1 nitrogen and oxygen atoms in total. The summed E-state index contributed by atoms with van der Waals surface area (Å²) in [7, 11) is 2.18. The van der Waals surface area contributed by atoms with E-state index in [1.54, 1.807) is 0 Å². The van der Waals surface area contributed by atoms with Gasteiger partial charge < -0.3 is 17.3 Å². The highest BCUT2D eigenvalue weighted by atomic mass is 35.5. The van der Waals surface area contributed by atoms with Crippen LogP contribution in [0.3, 0.4) is 0 Å². The van der Waals surface area contributed by atoms with Crippen molar-refractivity contribution in [3.63, 3.8) is 0 Å². The third kappa shape index (κ3) is 6.62. The van der Waals surface area contributed by atoms with Crippen LogP contribution >= 0.6 is 0 Å². The third-order valence-corrected chi connectivity index (χ3v) is 2.07. The van der Waals surface area contributed by atoms with Gasteiger partial charge in [-0.25, -0.2) is 0 Å². The predicted molar refractivity (Wildman–Crippen MR) is 55.4 cm³/mol. The van der Waals surface area contributed by atoms with Gasteiger partial charge in [0.1, 0.15) is 0 Å². The van der Waals surface area contributed by atoms with E-state index in [2.05, 4.69) is 26.8 Å². The van der Waals surface area contributed by atoms with Crippen LogP contribution in [0.4, 0.5) is 0 Å². The summed E-state index contributed by atoms with van der Waals surface area (Å²) in [6.07, 6.45) is 7.99. The molecule has 0 aliphatic carbocycles. The average Bonchev–Trinajstić information content (AvgIpc) is 2.04. The molecule has 0 saturated carbocycles. The minimum absolute atomic E-state index is 0. The summed E-state index contributed by atoms with van der Waals surface area (Å²) in [5.74, 6) is 0. The molecular formula is C11H20ClN. The Morgan fingerprint density at radius 3 is 1.85 bits per heavy atom. The second-order valence-electron chi connectivity index (χ2n) is 3.08. The fourth-order valence-electron chi connectivity index (χ4n) is 1.30. The van der Waals surface area contributed by atoms with Gasteiger partial charge in [0.2, 0.25) is 0 Å². The summed E-state index contributed by atoms with van der Waals surface area (Å²) >= 11 is 0. The minimum Gasteiger partial charge on any atom is -1.00 e. The lowest BCUT2D eigenvalue weighted by atomic mass is 10.1. The average molecular weight is 202 g/mol. The van der Waals surface area contributed by atoms with Gasteiger partial charge in [-0.3, -0.25) is 0 Å². The molecule has 0 aromatic heterocycles. The molecule has 0 amide bonds. The van der Waals surface area contributed by atoms with Crippen LogP contribution < -0.4 is 17.3 Å². The number of likely N-dealkylation sites (N-methyl/N-ethyl adjacent to an activating group) is 1. The van der Waals surface area contributed by atoms with Gasteiger partial charge in [0.25, 0.3) is 0 Å². The van der Waals surface area contributed by atoms with Gasteiger partial charge >= 0.3 is 0 Å². The topological polar surface area (TPSA) is 4.44 Å². The first kappa shape index (κ1) is 15.0. The molecule has 0 aliphatic heterocycles. The van der Waals surface area contributed by atoms with Crippen LogP contribution in [0.1, 0.15) is 12.8 Å². The zero-order chi connectivity index (χ0) is 9.40. The number of hydrogen-bond donors (Lipinski definition) is 1. The summed E-state index contributed by atoms with van der Waals surface area (Å²) < 4.78 is 0. The van der Waals surface area contributed by atoms with Crippen LogP contribution in [0, 0.1) is 0 Å². The minimum atomic E-state index is 0. The van der Waals surface area contributed by atoms with E-state index in [9.17, 15) is 0 Å². The van der Waals surface area contributed by atoms with Crippen LogP contribution in [0.25, 0.3) is 0 Å². The van der Waals surface area contributed by atoms with E-state index in [0.29, 0.717) is 6.04 Å². The summed E-state index contributed by atoms with van der Waals surface area (Å²) in [6.45, 7) is 12.2. The Balaban J connectivity index is 0. The first-order valence-electron chi connectivity index (χ1n) is 4.41. The SMILES string of the molecule is C=CCC(CC=C)[NH+](C)CC=C.[Cl-]. The maximum atomic E-state index is 3.75. The fraction of sp³-hybridized carbons (Fsp3) is 0.455. The van der Waals surface area contributed by atoms with Crippen molar-refractivity contribution in [1.29, 1.82) is 0 Å². The highest BCUT2D eigenvalue weighted by Crippen LogP contribution is 1.94. The van der Waals surface area contributed by atoms with Crippen molar-refractivity contribution >= 4 is 0 Å². The van der Waals surface area contributed by atoms with E-state index in [1.807, 2.05) is 18.2 Å². The van der Waals surface area contributed by atoms with Crippen molar-refractivity contribution in [2.24, 2.45) is 0 Å². The first-order valence-corrected chi connectivity index (χ1v) is 4.41. The quantitative estimate of drug-likeness (QED) is 0.465. The molecule has 0 saturated heterocycles. The van der Waals surface area contributed by atoms with Crippen molar-refractivity contribution in [2.75, 3.05) is 13.6 Å². The molecule has 0 bridgehead atoms. The lowest BCUT2D eigenvalue weighted by Gasteiger charge is -2.21. The van der Waals surface area contributed by atoms with E-state index < -0.39 is 0 Å². The number of rotatable bonds is 7. The second kappa shape index (κ2) is 9.56. The predicted octanol–water partition coefficient (Wildman–Crippen LogP) is -1.79. The summed E-state index contributed by atoms with van der Waals surface area (Å²) in [5, 5.41) is 0. The Hall–Kier alpha value is -0.530. The Bertz CT molecular complexity index is 144. The molecule has 1 unspecified atom stereocenters. The molecular weight excluding hydrogens is 182 g/mol. The van der Waals surface area contributed by atoms with Crippen molar-refractivity contribution < 1.29 is 17.3 Å². The molecule has 0 aromatic carbocycles. The van der Waals surface area contributed by atoms with E-state index in [4.69, 9.17) is 0 Å². The third-order valence-electron chi connectivity index (χ3n) is 2.07. The number of hydrogen-bond acceptors (Lipinski definition) is 0. The normalized spacial score (nSPS) is 11.5. The van der Waals surface area contributed by atoms with Crippen LogP contribution in [-0.2, 0) is 0 Å². The lowest BCUT2D eigenvalue weighted by Crippen LogP contribution is -3.12. The second-order valence-corrected chi connectivity index (χ2v) is 3.08. The molecule has 0 aliphatic rings. The summed E-state index contributed by atoms with van der Waals surface area (Å²) in [5.41, 5.74) is 0. The fourth-order valence-corrected chi connectivity index (χ4v) is 1.30. The standard InChI is InChI=1S/C11H19N.ClH/c1-5-8-11(9-6-2)12(4)10-7-3;/h5-7,11H,1-3,8-10H2,4H3;1H. The largest absolute Gasteiger partial charge is 1.00 e. The highest BCUT2D eigenvalue weighted by molar-refractivity contribution is 4.79. The van der Waals surface area contributed by atoms with Crippen molar-refractivity contribution in [3.05, 3.63) is 38.0 Å². The number of halogens is 1. The Kier molecular flexibility index (Phi) is 11.0. The van der Waals surface area contributed by atoms with Gasteiger partial charge in [-0.05, 0) is 6.08 Å². The van der Waals surface area contributed by atoms with Gasteiger partial charge in [0.15, 0.2) is 0 Å². The van der Waals surface area contributed by atoms with Gasteiger partial charge in [0.05, 0.1) is 19.6 Å². The molecule has 0 heterocycles. The Morgan fingerprint density at radius 1 is 1.08 bits per heavy atom.